The number of nitrogens with zero attached hydrogens (tertiary/aromatic N) is 1. The molecule has 5 heteroatoms. The third-order valence-electron chi connectivity index (χ3n) is 5.05. The van der Waals surface area contributed by atoms with Crippen molar-refractivity contribution in [1.82, 2.24) is 4.90 Å². The molecule has 2 atom stereocenters. The molecule has 2 aromatic carbocycles. The minimum Gasteiger partial charge on any atom is -0.497 e. The highest BCUT2D eigenvalue weighted by atomic mass is 16.5. The Labute approximate surface area is 153 Å². The fourth-order valence-corrected chi connectivity index (χ4v) is 3.73. The Morgan fingerprint density at radius 2 is 1.85 bits per heavy atom. The van der Waals surface area contributed by atoms with Crippen molar-refractivity contribution in [3.63, 3.8) is 0 Å². The van der Waals surface area contributed by atoms with Crippen LogP contribution in [0, 0.1) is 0 Å². The van der Waals surface area contributed by atoms with Gasteiger partial charge in [0.25, 0.3) is 0 Å². The lowest BCUT2D eigenvalue weighted by Crippen LogP contribution is -2.45. The van der Waals surface area contributed by atoms with Gasteiger partial charge in [-0.1, -0.05) is 18.2 Å². The summed E-state index contributed by atoms with van der Waals surface area (Å²) in [5, 5.41) is 8.98. The molecule has 1 heterocycles. The Bertz CT molecular complexity index is 828. The van der Waals surface area contributed by atoms with Gasteiger partial charge in [0.1, 0.15) is 5.75 Å². The summed E-state index contributed by atoms with van der Waals surface area (Å²) in [6, 6.07) is 12.6. The van der Waals surface area contributed by atoms with Crippen molar-refractivity contribution < 1.29 is 19.4 Å². The standard InChI is InChI=1S/C21H23NO4/c1-13-10-17-12-18(26-3)8-9-19(17)14(2)22(13)20(23)11-15-4-6-16(7-5-15)21(24)25/h4-9,12-14H,10-11H2,1-3H3,(H,24,25). The van der Waals surface area contributed by atoms with Crippen LogP contribution in [0.1, 0.15) is 46.9 Å². The number of amides is 1. The number of hydrogen-bond donors (Lipinski definition) is 1. The molecular weight excluding hydrogens is 330 g/mol. The summed E-state index contributed by atoms with van der Waals surface area (Å²) >= 11 is 0. The number of hydrogen-bond acceptors (Lipinski definition) is 3. The Hall–Kier alpha value is -2.82. The van der Waals surface area contributed by atoms with E-state index < -0.39 is 5.97 Å². The third kappa shape index (κ3) is 3.43. The van der Waals surface area contributed by atoms with Crippen LogP contribution in [0.3, 0.4) is 0 Å². The molecule has 3 rings (SSSR count). The number of carbonyl (C=O) groups excluding carboxylic acids is 1. The van der Waals surface area contributed by atoms with Gasteiger partial charge in [0.2, 0.25) is 5.91 Å². The first-order valence-corrected chi connectivity index (χ1v) is 8.71. The normalized spacial score (nSPS) is 19.0. The van der Waals surface area contributed by atoms with Crippen LogP contribution in [-0.2, 0) is 17.6 Å². The van der Waals surface area contributed by atoms with Gasteiger partial charge in [0, 0.05) is 6.04 Å². The fraction of sp³-hybridized carbons (Fsp3) is 0.333. The maximum absolute atomic E-state index is 12.9. The molecule has 0 aromatic heterocycles. The number of benzene rings is 2. The molecule has 1 N–H and O–H groups in total. The monoisotopic (exact) mass is 353 g/mol. The molecular formula is C21H23NO4. The van der Waals surface area contributed by atoms with Gasteiger partial charge < -0.3 is 14.7 Å². The average molecular weight is 353 g/mol. The predicted molar refractivity (Wildman–Crippen MR) is 98.5 cm³/mol. The number of carboxylic acid groups (broad SMARTS) is 1. The zero-order valence-corrected chi connectivity index (χ0v) is 15.2. The van der Waals surface area contributed by atoms with Crippen molar-refractivity contribution in [2.75, 3.05) is 7.11 Å². The minimum atomic E-state index is -0.965. The summed E-state index contributed by atoms with van der Waals surface area (Å²) in [5.74, 6) is -0.0795. The molecule has 0 saturated carbocycles. The van der Waals surface area contributed by atoms with E-state index in [1.807, 2.05) is 24.0 Å². The largest absolute Gasteiger partial charge is 0.497 e. The summed E-state index contributed by atoms with van der Waals surface area (Å²) in [4.78, 5) is 25.8. The van der Waals surface area contributed by atoms with Crippen LogP contribution in [0.15, 0.2) is 42.5 Å². The summed E-state index contributed by atoms with van der Waals surface area (Å²) in [7, 11) is 1.66. The number of methoxy groups -OCH3 is 1. The zero-order valence-electron chi connectivity index (χ0n) is 15.2. The van der Waals surface area contributed by atoms with Gasteiger partial charge in [-0.05, 0) is 61.2 Å². The Morgan fingerprint density at radius 3 is 2.46 bits per heavy atom. The van der Waals surface area contributed by atoms with Gasteiger partial charge in [0.05, 0.1) is 25.1 Å². The molecule has 2 aromatic rings. The number of ether oxygens (including phenoxy) is 1. The molecule has 1 amide bonds. The molecule has 1 aliphatic heterocycles. The maximum atomic E-state index is 12.9. The molecule has 26 heavy (non-hydrogen) atoms. The van der Waals surface area contributed by atoms with Gasteiger partial charge in [-0.25, -0.2) is 4.79 Å². The number of rotatable bonds is 4. The van der Waals surface area contributed by atoms with Gasteiger partial charge in [-0.2, -0.15) is 0 Å². The summed E-state index contributed by atoms with van der Waals surface area (Å²) in [6.45, 7) is 4.11. The average Bonchev–Trinajstić information content (AvgIpc) is 2.61. The Morgan fingerprint density at radius 1 is 1.15 bits per heavy atom. The van der Waals surface area contributed by atoms with E-state index in [-0.39, 0.29) is 30.0 Å². The van der Waals surface area contributed by atoms with Crippen molar-refractivity contribution in [3.05, 3.63) is 64.7 Å². The second kappa shape index (κ2) is 7.20. The van der Waals surface area contributed by atoms with Gasteiger partial charge >= 0.3 is 5.97 Å². The molecule has 2 unspecified atom stereocenters. The van der Waals surface area contributed by atoms with Gasteiger partial charge in [-0.3, -0.25) is 4.79 Å². The first-order valence-electron chi connectivity index (χ1n) is 8.71. The van der Waals surface area contributed by atoms with E-state index in [4.69, 9.17) is 9.84 Å². The molecule has 0 bridgehead atoms. The maximum Gasteiger partial charge on any atom is 0.335 e. The van der Waals surface area contributed by atoms with Crippen LogP contribution in [0.5, 0.6) is 5.75 Å². The number of carboxylic acids is 1. The molecule has 1 aliphatic rings. The van der Waals surface area contributed by atoms with Crippen LogP contribution in [0.4, 0.5) is 0 Å². The van der Waals surface area contributed by atoms with E-state index in [0.29, 0.717) is 0 Å². The first-order chi connectivity index (χ1) is 12.4. The first kappa shape index (κ1) is 18.0. The highest BCUT2D eigenvalue weighted by Crippen LogP contribution is 2.35. The second-order valence-corrected chi connectivity index (χ2v) is 6.77. The van der Waals surface area contributed by atoms with Crippen LogP contribution >= 0.6 is 0 Å². The van der Waals surface area contributed by atoms with Crippen molar-refractivity contribution in [2.45, 2.75) is 38.8 Å². The molecule has 0 saturated heterocycles. The van der Waals surface area contributed by atoms with Crippen LogP contribution in [-0.4, -0.2) is 35.0 Å². The topological polar surface area (TPSA) is 66.8 Å². The van der Waals surface area contributed by atoms with Crippen molar-refractivity contribution in [3.8, 4) is 5.75 Å². The lowest BCUT2D eigenvalue weighted by atomic mass is 9.88. The Balaban J connectivity index is 1.79. The Kier molecular flexibility index (Phi) is 4.98. The van der Waals surface area contributed by atoms with Crippen LogP contribution in [0.25, 0.3) is 0 Å². The second-order valence-electron chi connectivity index (χ2n) is 6.77. The molecule has 0 spiro atoms. The molecule has 5 nitrogen and oxygen atoms in total. The van der Waals surface area contributed by atoms with E-state index >= 15 is 0 Å². The molecule has 0 fully saturated rings. The zero-order chi connectivity index (χ0) is 18.8. The lowest BCUT2D eigenvalue weighted by Gasteiger charge is -2.40. The smallest absolute Gasteiger partial charge is 0.335 e. The van der Waals surface area contributed by atoms with Crippen LogP contribution in [0.2, 0.25) is 0 Å². The predicted octanol–water partition coefficient (Wildman–Crippen LogP) is 3.47. The van der Waals surface area contributed by atoms with Gasteiger partial charge in [0.15, 0.2) is 0 Å². The van der Waals surface area contributed by atoms with Crippen molar-refractivity contribution in [2.24, 2.45) is 0 Å². The summed E-state index contributed by atoms with van der Waals surface area (Å²) < 4.78 is 5.31. The quantitative estimate of drug-likeness (QED) is 0.914. The number of aromatic carboxylic acids is 1. The number of fused-ring (bicyclic) bond motifs is 1. The molecule has 136 valence electrons. The summed E-state index contributed by atoms with van der Waals surface area (Å²) in [5.41, 5.74) is 3.42. The lowest BCUT2D eigenvalue weighted by molar-refractivity contribution is -0.135. The molecule has 0 radical (unpaired) electrons. The summed E-state index contributed by atoms with van der Waals surface area (Å²) in [6.07, 6.45) is 1.06. The minimum absolute atomic E-state index is 0.00884. The third-order valence-corrected chi connectivity index (χ3v) is 5.05. The number of carbonyl (C=O) groups is 2. The van der Waals surface area contributed by atoms with Crippen molar-refractivity contribution >= 4 is 11.9 Å². The van der Waals surface area contributed by atoms with E-state index in [2.05, 4.69) is 13.0 Å². The SMILES string of the molecule is COc1ccc2c(c1)CC(C)N(C(=O)Cc1ccc(C(=O)O)cc1)C2C. The van der Waals surface area contributed by atoms with E-state index in [0.717, 1.165) is 23.3 Å². The van der Waals surface area contributed by atoms with Crippen LogP contribution < -0.4 is 4.74 Å². The molecule has 0 aliphatic carbocycles. The highest BCUT2D eigenvalue weighted by Gasteiger charge is 2.32. The van der Waals surface area contributed by atoms with E-state index in [1.54, 1.807) is 19.2 Å². The van der Waals surface area contributed by atoms with Crippen molar-refractivity contribution in [1.29, 1.82) is 0 Å². The van der Waals surface area contributed by atoms with Gasteiger partial charge in [-0.15, -0.1) is 0 Å². The fourth-order valence-electron chi connectivity index (χ4n) is 3.73. The highest BCUT2D eigenvalue weighted by molar-refractivity contribution is 5.88. The van der Waals surface area contributed by atoms with E-state index in [1.165, 1.54) is 17.7 Å². The van der Waals surface area contributed by atoms with E-state index in [9.17, 15) is 9.59 Å².